The Morgan fingerprint density at radius 3 is 2.16 bits per heavy atom. The van der Waals surface area contributed by atoms with Gasteiger partial charge < -0.3 is 39.4 Å². The fourth-order valence-corrected chi connectivity index (χ4v) is 12.6. The molecule has 11 nitrogen and oxygen atoms in total. The molecule has 0 spiro atoms. The number of hydrogen-bond donors (Lipinski definition) is 4. The topological polar surface area (TPSA) is 169 Å². The van der Waals surface area contributed by atoms with E-state index >= 15 is 0 Å². The van der Waals surface area contributed by atoms with Gasteiger partial charge in [0.15, 0.2) is 12.4 Å². The largest absolute Gasteiger partial charge is 0.481 e. The number of aliphatic hydroxyl groups is 3. The van der Waals surface area contributed by atoms with Gasteiger partial charge in [0.2, 0.25) is 0 Å². The smallest absolute Gasteiger partial charge is 0.309 e. The van der Waals surface area contributed by atoms with Gasteiger partial charge in [-0.1, -0.05) is 46.3 Å². The van der Waals surface area contributed by atoms with Crippen molar-refractivity contribution in [2.24, 2.45) is 50.2 Å². The van der Waals surface area contributed by atoms with E-state index in [1.807, 2.05) is 13.8 Å². The first-order valence-corrected chi connectivity index (χ1v) is 19.2. The van der Waals surface area contributed by atoms with Crippen molar-refractivity contribution in [2.75, 3.05) is 6.61 Å². The van der Waals surface area contributed by atoms with E-state index in [1.165, 1.54) is 19.4 Å². The molecule has 4 N–H and O–H groups in total. The Labute approximate surface area is 302 Å². The van der Waals surface area contributed by atoms with Gasteiger partial charge in [0.05, 0.1) is 24.2 Å². The predicted molar refractivity (Wildman–Crippen MR) is 186 cm³/mol. The van der Waals surface area contributed by atoms with Gasteiger partial charge in [-0.3, -0.25) is 14.4 Å². The molecule has 6 rings (SSSR count). The third-order valence-corrected chi connectivity index (χ3v) is 16.2. The zero-order chi connectivity index (χ0) is 37.7. The average Bonchev–Trinajstić information content (AvgIpc) is 3.04. The number of carboxylic acids is 1. The Balaban J connectivity index is 1.33. The van der Waals surface area contributed by atoms with Crippen molar-refractivity contribution in [2.45, 2.75) is 163 Å². The van der Waals surface area contributed by atoms with Gasteiger partial charge in [-0.2, -0.15) is 0 Å². The monoisotopic (exact) mass is 718 g/mol. The van der Waals surface area contributed by atoms with Gasteiger partial charge in [-0.15, -0.1) is 0 Å². The summed E-state index contributed by atoms with van der Waals surface area (Å²) in [5, 5.41) is 44.4. The van der Waals surface area contributed by atoms with Crippen molar-refractivity contribution >= 4 is 17.9 Å². The maximum absolute atomic E-state index is 12.5. The Morgan fingerprint density at radius 2 is 1.53 bits per heavy atom. The third-order valence-electron chi connectivity index (χ3n) is 16.2. The zero-order valence-electron chi connectivity index (χ0n) is 32.1. The highest BCUT2D eigenvalue weighted by molar-refractivity contribution is 5.74. The normalized spacial score (nSPS) is 52.2. The molecule has 288 valence electrons. The lowest BCUT2D eigenvalue weighted by molar-refractivity contribution is -0.315. The average molecular weight is 719 g/mol. The second-order valence-corrected chi connectivity index (χ2v) is 18.9. The fraction of sp³-hybridized carbons (Fsp3) is 0.875. The summed E-state index contributed by atoms with van der Waals surface area (Å²) >= 11 is 0. The number of ether oxygens (including phenoxy) is 4. The van der Waals surface area contributed by atoms with E-state index in [0.717, 1.165) is 38.5 Å². The minimum absolute atomic E-state index is 0.0350. The van der Waals surface area contributed by atoms with E-state index in [0.29, 0.717) is 12.8 Å². The number of carbonyl (C=O) groups excluding carboxylic acids is 2. The molecule has 4 saturated carbocycles. The summed E-state index contributed by atoms with van der Waals surface area (Å²) in [7, 11) is 0. The van der Waals surface area contributed by atoms with Crippen LogP contribution in [0.15, 0.2) is 11.6 Å². The lowest BCUT2D eigenvalue weighted by Gasteiger charge is -2.72. The maximum Gasteiger partial charge on any atom is 0.309 e. The highest BCUT2D eigenvalue weighted by Gasteiger charge is 2.71. The van der Waals surface area contributed by atoms with E-state index < -0.39 is 77.1 Å². The maximum atomic E-state index is 12.5. The van der Waals surface area contributed by atoms with Gasteiger partial charge in [-0.25, -0.2) is 0 Å². The van der Waals surface area contributed by atoms with Gasteiger partial charge >= 0.3 is 17.9 Å². The molecule has 0 bridgehead atoms. The molecule has 16 atom stereocenters. The molecule has 1 aliphatic heterocycles. The fourth-order valence-electron chi connectivity index (χ4n) is 12.6. The summed E-state index contributed by atoms with van der Waals surface area (Å²) in [6, 6.07) is 0. The number of aliphatic carboxylic acids is 1. The zero-order valence-corrected chi connectivity index (χ0v) is 32.1. The molecule has 51 heavy (non-hydrogen) atoms. The number of esters is 2. The summed E-state index contributed by atoms with van der Waals surface area (Å²) in [5.74, 6) is -1.61. The Bertz CT molecular complexity index is 1450. The molecule has 0 aromatic rings. The van der Waals surface area contributed by atoms with Crippen LogP contribution in [0.4, 0.5) is 0 Å². The van der Waals surface area contributed by atoms with Crippen LogP contribution in [-0.4, -0.2) is 87.9 Å². The molecule has 0 aromatic heterocycles. The van der Waals surface area contributed by atoms with Crippen LogP contribution in [0.1, 0.15) is 120 Å². The summed E-state index contributed by atoms with van der Waals surface area (Å²) in [6.07, 6.45) is 1.99. The lowest BCUT2D eigenvalue weighted by atomic mass is 9.33. The first-order valence-electron chi connectivity index (χ1n) is 19.2. The molecular formula is C40H62O11. The van der Waals surface area contributed by atoms with Crippen LogP contribution in [-0.2, 0) is 33.3 Å². The first kappa shape index (κ1) is 38.7. The van der Waals surface area contributed by atoms with Gasteiger partial charge in [-0.05, 0) is 99.2 Å². The molecule has 0 aromatic carbocycles. The van der Waals surface area contributed by atoms with Crippen LogP contribution in [0, 0.1) is 50.2 Å². The highest BCUT2D eigenvalue weighted by atomic mass is 16.7. The van der Waals surface area contributed by atoms with E-state index in [4.69, 9.17) is 18.9 Å². The molecule has 5 fully saturated rings. The molecule has 0 amide bonds. The van der Waals surface area contributed by atoms with Crippen LogP contribution >= 0.6 is 0 Å². The Hall–Kier alpha value is -2.05. The summed E-state index contributed by atoms with van der Waals surface area (Å²) in [4.78, 5) is 36.6. The number of fused-ring (bicyclic) bond motifs is 7. The van der Waals surface area contributed by atoms with Gasteiger partial charge in [0, 0.05) is 31.1 Å². The second kappa shape index (κ2) is 12.8. The van der Waals surface area contributed by atoms with Crippen LogP contribution in [0.5, 0.6) is 0 Å². The van der Waals surface area contributed by atoms with Crippen molar-refractivity contribution < 1.29 is 53.8 Å². The SMILES string of the molecule is CC(=O)O[C@@H]1[C@@H](O)[C@@H](O)[C@H](OC[C@]2(C)[C@@H](OC(C)=O)C[C@H](O)[C@]3(C)[C@H]4CC=C5[C@@H]6C[C@](C)(C(=O)O)CC[C@]6(C)CC[C@@]5(C)[C@]4(C)CC[C@@H]23)O[C@H]1C. The molecule has 1 saturated heterocycles. The van der Waals surface area contributed by atoms with Gasteiger partial charge in [0.1, 0.15) is 18.3 Å². The quantitative estimate of drug-likeness (QED) is 0.211. The third kappa shape index (κ3) is 5.73. The van der Waals surface area contributed by atoms with Crippen LogP contribution in [0.2, 0.25) is 0 Å². The van der Waals surface area contributed by atoms with E-state index in [1.54, 1.807) is 6.92 Å². The van der Waals surface area contributed by atoms with Crippen molar-refractivity contribution in [1.82, 2.24) is 0 Å². The van der Waals surface area contributed by atoms with Gasteiger partial charge in [0.25, 0.3) is 0 Å². The van der Waals surface area contributed by atoms with Crippen LogP contribution in [0.3, 0.4) is 0 Å². The lowest BCUT2D eigenvalue weighted by Crippen LogP contribution is -2.69. The molecule has 0 unspecified atom stereocenters. The highest BCUT2D eigenvalue weighted by Crippen LogP contribution is 2.76. The second-order valence-electron chi connectivity index (χ2n) is 18.9. The number of carboxylic acid groups (broad SMARTS) is 1. The summed E-state index contributed by atoms with van der Waals surface area (Å²) in [5.41, 5.74) is -0.982. The molecule has 5 aliphatic carbocycles. The molecule has 0 radical (unpaired) electrons. The van der Waals surface area contributed by atoms with Crippen LogP contribution in [0.25, 0.3) is 0 Å². The molecular weight excluding hydrogens is 656 g/mol. The van der Waals surface area contributed by atoms with Crippen LogP contribution < -0.4 is 0 Å². The van der Waals surface area contributed by atoms with Crippen molar-refractivity contribution in [3.8, 4) is 0 Å². The standard InChI is InChI=1S/C40H62O11/c1-21-32(51-23(3)42)30(44)31(45)33(49-21)48-20-37(6)26-12-13-39(8)27(40(26,9)28(43)18-29(37)50-22(2)41)11-10-24-25-19-36(5,34(46)47)15-14-35(25,4)16-17-38(24,39)7/h10,21,25-33,43-45H,11-20H2,1-9H3,(H,46,47)/t21-,25-,26-,27-,28-,29-,30-,31+,32-,33+,35+,36+,37-,38+,39+,40-/m0/s1. The number of hydrogen-bond acceptors (Lipinski definition) is 10. The van der Waals surface area contributed by atoms with E-state index in [9.17, 15) is 34.8 Å². The minimum atomic E-state index is -1.49. The molecule has 1 heterocycles. The summed E-state index contributed by atoms with van der Waals surface area (Å²) < 4.78 is 23.5. The first-order chi connectivity index (χ1) is 23.6. The van der Waals surface area contributed by atoms with Crippen molar-refractivity contribution in [1.29, 1.82) is 0 Å². The summed E-state index contributed by atoms with van der Waals surface area (Å²) in [6.45, 7) is 17.6. The molecule has 6 aliphatic rings. The van der Waals surface area contributed by atoms with Crippen molar-refractivity contribution in [3.05, 3.63) is 11.6 Å². The predicted octanol–water partition coefficient (Wildman–Crippen LogP) is 5.17. The van der Waals surface area contributed by atoms with E-state index in [2.05, 4.69) is 33.8 Å². The Kier molecular flexibility index (Phi) is 9.69. The molecule has 11 heteroatoms. The number of allylic oxidation sites excluding steroid dienone is 2. The van der Waals surface area contributed by atoms with Crippen molar-refractivity contribution in [3.63, 3.8) is 0 Å². The minimum Gasteiger partial charge on any atom is -0.481 e. The van der Waals surface area contributed by atoms with E-state index in [-0.39, 0.29) is 47.0 Å². The number of aliphatic hydroxyl groups excluding tert-OH is 3. The number of carbonyl (C=O) groups is 3. The Morgan fingerprint density at radius 1 is 0.882 bits per heavy atom. The number of rotatable bonds is 6.